The summed E-state index contributed by atoms with van der Waals surface area (Å²) in [5.41, 5.74) is 1.63. The molecule has 31 heavy (non-hydrogen) atoms. The molecule has 2 aromatic rings. The molecule has 2 aliphatic rings. The van der Waals surface area contributed by atoms with E-state index in [1.807, 2.05) is 36.1 Å². The summed E-state index contributed by atoms with van der Waals surface area (Å²) >= 11 is 0. The molecule has 2 amide bonds. The van der Waals surface area contributed by atoms with Crippen molar-refractivity contribution < 1.29 is 18.7 Å². The number of furan rings is 1. The quantitative estimate of drug-likeness (QED) is 0.777. The van der Waals surface area contributed by atoms with Gasteiger partial charge < -0.3 is 19.4 Å². The Morgan fingerprint density at radius 3 is 2.61 bits per heavy atom. The number of ether oxygens (including phenoxy) is 1. The molecule has 1 fully saturated rings. The Balaban J connectivity index is 1.46. The molecule has 4 rings (SSSR count). The van der Waals surface area contributed by atoms with E-state index in [0.29, 0.717) is 37.7 Å². The number of benzene rings is 1. The predicted molar refractivity (Wildman–Crippen MR) is 118 cm³/mol. The fourth-order valence-electron chi connectivity index (χ4n) is 4.70. The van der Waals surface area contributed by atoms with Crippen molar-refractivity contribution in [2.24, 2.45) is 5.92 Å². The van der Waals surface area contributed by atoms with E-state index in [2.05, 4.69) is 25.2 Å². The van der Waals surface area contributed by atoms with Gasteiger partial charge in [-0.25, -0.2) is 0 Å². The third-order valence-corrected chi connectivity index (χ3v) is 6.46. The Morgan fingerprint density at radius 1 is 1.19 bits per heavy atom. The maximum atomic E-state index is 12.8. The van der Waals surface area contributed by atoms with Crippen LogP contribution < -0.4 is 10.1 Å². The highest BCUT2D eigenvalue weighted by molar-refractivity contribution is 5.92. The van der Waals surface area contributed by atoms with Gasteiger partial charge in [-0.15, -0.1) is 0 Å². The van der Waals surface area contributed by atoms with E-state index in [1.54, 1.807) is 6.26 Å². The number of para-hydroxylation sites is 1. The molecule has 3 heterocycles. The van der Waals surface area contributed by atoms with Crippen molar-refractivity contribution >= 4 is 11.8 Å². The van der Waals surface area contributed by atoms with Crippen molar-refractivity contribution in [3.05, 3.63) is 53.5 Å². The minimum absolute atomic E-state index is 0.0572. The van der Waals surface area contributed by atoms with Gasteiger partial charge >= 0.3 is 0 Å². The Kier molecular flexibility index (Phi) is 6.08. The zero-order valence-corrected chi connectivity index (χ0v) is 18.6. The molecule has 6 heteroatoms. The highest BCUT2D eigenvalue weighted by Crippen LogP contribution is 2.46. The molecule has 0 aliphatic carbocycles. The van der Waals surface area contributed by atoms with Crippen molar-refractivity contribution in [1.82, 2.24) is 10.2 Å². The summed E-state index contributed by atoms with van der Waals surface area (Å²) in [4.78, 5) is 27.3. The van der Waals surface area contributed by atoms with Gasteiger partial charge in [0.1, 0.15) is 11.4 Å². The first-order valence-corrected chi connectivity index (χ1v) is 11.2. The van der Waals surface area contributed by atoms with Crippen LogP contribution in [0.2, 0.25) is 0 Å². The largest absolute Gasteiger partial charge is 0.487 e. The van der Waals surface area contributed by atoms with E-state index in [4.69, 9.17) is 9.15 Å². The predicted octanol–water partition coefficient (Wildman–Crippen LogP) is 4.29. The summed E-state index contributed by atoms with van der Waals surface area (Å²) in [5, 5.41) is 3.05. The van der Waals surface area contributed by atoms with Crippen LogP contribution in [0.5, 0.6) is 5.75 Å². The molecule has 6 nitrogen and oxygen atoms in total. The summed E-state index contributed by atoms with van der Waals surface area (Å²) in [7, 11) is 0. The first kappa shape index (κ1) is 21.5. The number of likely N-dealkylation sites (tertiary alicyclic amines) is 1. The van der Waals surface area contributed by atoms with Gasteiger partial charge in [0.2, 0.25) is 5.91 Å². The molecule has 1 aromatic heterocycles. The molecular formula is C25H32N2O4. The van der Waals surface area contributed by atoms with E-state index in [0.717, 1.165) is 36.1 Å². The Labute approximate surface area is 183 Å². The number of hydrogen-bond acceptors (Lipinski definition) is 4. The number of hydrogen-bond donors (Lipinski definition) is 1. The average Bonchev–Trinajstić information content (AvgIpc) is 3.18. The molecule has 1 saturated heterocycles. The van der Waals surface area contributed by atoms with Gasteiger partial charge in [0.05, 0.1) is 6.26 Å². The van der Waals surface area contributed by atoms with Gasteiger partial charge in [-0.1, -0.05) is 32.0 Å². The number of fused-ring (bicyclic) bond motifs is 1. The summed E-state index contributed by atoms with van der Waals surface area (Å²) in [6.07, 6.45) is 4.31. The van der Waals surface area contributed by atoms with E-state index in [1.165, 1.54) is 0 Å². The number of nitrogens with one attached hydrogen (secondary N) is 1. The topological polar surface area (TPSA) is 71.8 Å². The second kappa shape index (κ2) is 8.77. The standard InChI is InChI=1S/C25H32N2O4/c1-17(2)16-26-22(28)14-19-15-25(31-21-7-5-4-6-20(19)21)9-11-27(12-10-25)24(29)23-18(3)8-13-30-23/h4-8,13,17,19H,9-12,14-16H2,1-3H3,(H,26,28)/t19-/m1/s1. The Bertz CT molecular complexity index is 941. The summed E-state index contributed by atoms with van der Waals surface area (Å²) < 4.78 is 11.9. The summed E-state index contributed by atoms with van der Waals surface area (Å²) in [5.74, 6) is 1.87. The first-order valence-electron chi connectivity index (χ1n) is 11.2. The van der Waals surface area contributed by atoms with Gasteiger partial charge in [0.25, 0.3) is 5.91 Å². The zero-order valence-electron chi connectivity index (χ0n) is 18.6. The van der Waals surface area contributed by atoms with E-state index >= 15 is 0 Å². The lowest BCUT2D eigenvalue weighted by molar-refractivity contribution is -0.122. The molecule has 1 spiro atoms. The van der Waals surface area contributed by atoms with Crippen LogP contribution in [0.3, 0.4) is 0 Å². The lowest BCUT2D eigenvalue weighted by atomic mass is 9.76. The van der Waals surface area contributed by atoms with E-state index in [-0.39, 0.29) is 23.3 Å². The number of amides is 2. The molecule has 166 valence electrons. The van der Waals surface area contributed by atoms with Gasteiger partial charge in [-0.05, 0) is 37.0 Å². The van der Waals surface area contributed by atoms with Crippen LogP contribution in [0.4, 0.5) is 0 Å². The molecule has 1 aromatic carbocycles. The number of carbonyl (C=O) groups is 2. The third kappa shape index (κ3) is 4.63. The highest BCUT2D eigenvalue weighted by Gasteiger charge is 2.44. The fraction of sp³-hybridized carbons (Fsp3) is 0.520. The second-order valence-corrected chi connectivity index (χ2v) is 9.35. The molecule has 1 N–H and O–H groups in total. The van der Waals surface area contributed by atoms with Gasteiger partial charge in [0, 0.05) is 50.4 Å². The number of nitrogens with zero attached hydrogens (tertiary/aromatic N) is 1. The summed E-state index contributed by atoms with van der Waals surface area (Å²) in [6, 6.07) is 9.87. The van der Waals surface area contributed by atoms with Crippen LogP contribution in [0.15, 0.2) is 41.0 Å². The smallest absolute Gasteiger partial charge is 0.289 e. The second-order valence-electron chi connectivity index (χ2n) is 9.35. The van der Waals surface area contributed by atoms with Gasteiger partial charge in [-0.3, -0.25) is 9.59 Å². The van der Waals surface area contributed by atoms with E-state index < -0.39 is 0 Å². The molecule has 0 saturated carbocycles. The number of rotatable bonds is 5. The van der Waals surface area contributed by atoms with Crippen molar-refractivity contribution in [2.75, 3.05) is 19.6 Å². The fourth-order valence-corrected chi connectivity index (χ4v) is 4.70. The minimum atomic E-state index is -0.341. The van der Waals surface area contributed by atoms with Crippen LogP contribution in [0, 0.1) is 12.8 Å². The lowest BCUT2D eigenvalue weighted by Gasteiger charge is -2.46. The zero-order chi connectivity index (χ0) is 22.0. The van der Waals surface area contributed by atoms with Gasteiger partial charge in [-0.2, -0.15) is 0 Å². The molecule has 1 atom stereocenters. The number of piperidine rings is 1. The van der Waals surface area contributed by atoms with Gasteiger partial charge in [0.15, 0.2) is 5.76 Å². The summed E-state index contributed by atoms with van der Waals surface area (Å²) in [6.45, 7) is 8.01. The number of aryl methyl sites for hydroxylation is 1. The van der Waals surface area contributed by atoms with Crippen molar-refractivity contribution in [2.45, 2.75) is 58.0 Å². The average molecular weight is 425 g/mol. The molecular weight excluding hydrogens is 392 g/mol. The minimum Gasteiger partial charge on any atom is -0.487 e. The van der Waals surface area contributed by atoms with E-state index in [9.17, 15) is 9.59 Å². The van der Waals surface area contributed by atoms with Crippen LogP contribution >= 0.6 is 0 Å². The third-order valence-electron chi connectivity index (χ3n) is 6.46. The normalized spacial score (nSPS) is 19.7. The Hall–Kier alpha value is -2.76. The first-order chi connectivity index (χ1) is 14.9. The molecule has 2 aliphatic heterocycles. The monoisotopic (exact) mass is 424 g/mol. The molecule has 0 radical (unpaired) electrons. The molecule has 0 bridgehead atoms. The molecule has 0 unspecified atom stereocenters. The van der Waals surface area contributed by atoms with Crippen molar-refractivity contribution in [1.29, 1.82) is 0 Å². The maximum Gasteiger partial charge on any atom is 0.289 e. The highest BCUT2D eigenvalue weighted by atomic mass is 16.5. The Morgan fingerprint density at radius 2 is 1.94 bits per heavy atom. The van der Waals surface area contributed by atoms with Crippen molar-refractivity contribution in [3.63, 3.8) is 0 Å². The van der Waals surface area contributed by atoms with Crippen LogP contribution in [-0.2, 0) is 4.79 Å². The lowest BCUT2D eigenvalue weighted by Crippen LogP contribution is -2.52. The van der Waals surface area contributed by atoms with Crippen LogP contribution in [0.25, 0.3) is 0 Å². The van der Waals surface area contributed by atoms with Crippen LogP contribution in [-0.4, -0.2) is 41.9 Å². The number of carbonyl (C=O) groups excluding carboxylic acids is 2. The van der Waals surface area contributed by atoms with Crippen molar-refractivity contribution in [3.8, 4) is 5.75 Å². The van der Waals surface area contributed by atoms with Crippen LogP contribution in [0.1, 0.15) is 67.1 Å². The maximum absolute atomic E-state index is 12.8. The SMILES string of the molecule is Cc1ccoc1C(=O)N1CCC2(CC1)C[C@@H](CC(=O)NCC(C)C)c1ccccc1O2.